The van der Waals surface area contributed by atoms with Crippen molar-refractivity contribution >= 4 is 23.2 Å². The van der Waals surface area contributed by atoms with Crippen LogP contribution in [0, 0.1) is 18.3 Å². The summed E-state index contributed by atoms with van der Waals surface area (Å²) >= 11 is 5.93. The van der Waals surface area contributed by atoms with Crippen LogP contribution in [0.4, 0.5) is 5.69 Å². The van der Waals surface area contributed by atoms with E-state index >= 15 is 0 Å². The van der Waals surface area contributed by atoms with Gasteiger partial charge in [-0.2, -0.15) is 5.26 Å². The molecule has 1 amide bonds. The van der Waals surface area contributed by atoms with Crippen LogP contribution in [0.25, 0.3) is 0 Å². The highest BCUT2D eigenvalue weighted by Gasteiger charge is 2.10. The number of benzene rings is 1. The quantitative estimate of drug-likeness (QED) is 0.408. The van der Waals surface area contributed by atoms with Gasteiger partial charge in [0, 0.05) is 23.5 Å². The molecule has 0 atom stereocenters. The third kappa shape index (κ3) is 6.61. The number of nitrogens with zero attached hydrogens (tertiary/aromatic N) is 2. The van der Waals surface area contributed by atoms with Crippen molar-refractivity contribution in [3.63, 3.8) is 0 Å². The summed E-state index contributed by atoms with van der Waals surface area (Å²) in [6, 6.07) is 7.16. The Bertz CT molecular complexity index is 618. The van der Waals surface area contributed by atoms with Crippen molar-refractivity contribution in [3.05, 3.63) is 40.6 Å². The van der Waals surface area contributed by atoms with Gasteiger partial charge in [-0.05, 0) is 50.7 Å². The van der Waals surface area contributed by atoms with E-state index in [9.17, 15) is 4.79 Å². The number of hydrogen-bond donors (Lipinski definition) is 2. The Morgan fingerprint density at radius 3 is 2.71 bits per heavy atom. The zero-order valence-corrected chi connectivity index (χ0v) is 15.3. The third-order valence-corrected chi connectivity index (χ3v) is 3.98. The summed E-state index contributed by atoms with van der Waals surface area (Å²) in [7, 11) is 0. The van der Waals surface area contributed by atoms with E-state index in [0.29, 0.717) is 17.3 Å². The molecule has 5 nitrogen and oxygen atoms in total. The SMILES string of the molecule is CCN(CC)CCCN/C=C(/C#N)C(=O)Nc1cc(Cl)ccc1C. The molecule has 0 aliphatic carbocycles. The molecule has 24 heavy (non-hydrogen) atoms. The summed E-state index contributed by atoms with van der Waals surface area (Å²) < 4.78 is 0. The van der Waals surface area contributed by atoms with Crippen LogP contribution >= 0.6 is 11.6 Å². The van der Waals surface area contributed by atoms with E-state index in [1.165, 1.54) is 6.20 Å². The van der Waals surface area contributed by atoms with E-state index in [1.54, 1.807) is 12.1 Å². The zero-order chi connectivity index (χ0) is 17.9. The fourth-order valence-electron chi connectivity index (χ4n) is 2.19. The number of rotatable bonds is 9. The first-order chi connectivity index (χ1) is 11.5. The molecule has 0 saturated heterocycles. The molecule has 0 heterocycles. The number of hydrogen-bond acceptors (Lipinski definition) is 4. The number of carbonyl (C=O) groups excluding carboxylic acids is 1. The van der Waals surface area contributed by atoms with Crippen LogP contribution in [-0.2, 0) is 4.79 Å². The van der Waals surface area contributed by atoms with Crippen molar-refractivity contribution < 1.29 is 4.79 Å². The van der Waals surface area contributed by atoms with Gasteiger partial charge in [0.2, 0.25) is 0 Å². The Labute approximate surface area is 149 Å². The van der Waals surface area contributed by atoms with Crippen LogP contribution in [0.5, 0.6) is 0 Å². The number of nitrogens with one attached hydrogen (secondary N) is 2. The molecule has 2 N–H and O–H groups in total. The summed E-state index contributed by atoms with van der Waals surface area (Å²) in [5.74, 6) is -0.445. The van der Waals surface area contributed by atoms with Crippen molar-refractivity contribution in [1.82, 2.24) is 10.2 Å². The molecule has 0 saturated carbocycles. The van der Waals surface area contributed by atoms with Crippen molar-refractivity contribution in [2.75, 3.05) is 31.5 Å². The summed E-state index contributed by atoms with van der Waals surface area (Å²) in [5, 5.41) is 15.5. The van der Waals surface area contributed by atoms with Gasteiger partial charge < -0.3 is 15.5 Å². The minimum absolute atomic E-state index is 0.0391. The van der Waals surface area contributed by atoms with E-state index in [-0.39, 0.29) is 5.57 Å². The molecule has 0 spiro atoms. The molecule has 6 heteroatoms. The maximum Gasteiger partial charge on any atom is 0.267 e. The van der Waals surface area contributed by atoms with Crippen LogP contribution in [0.15, 0.2) is 30.0 Å². The van der Waals surface area contributed by atoms with Gasteiger partial charge in [0.15, 0.2) is 0 Å². The Balaban J connectivity index is 2.54. The second-order valence-electron chi connectivity index (χ2n) is 5.42. The number of amides is 1. The first-order valence-electron chi connectivity index (χ1n) is 8.15. The lowest BCUT2D eigenvalue weighted by Crippen LogP contribution is -2.26. The molecule has 130 valence electrons. The average molecular weight is 349 g/mol. The zero-order valence-electron chi connectivity index (χ0n) is 14.5. The maximum atomic E-state index is 12.2. The normalized spacial score (nSPS) is 11.2. The summed E-state index contributed by atoms with van der Waals surface area (Å²) in [4.78, 5) is 14.5. The number of carbonyl (C=O) groups is 1. The number of anilines is 1. The van der Waals surface area contributed by atoms with E-state index in [2.05, 4.69) is 29.4 Å². The summed E-state index contributed by atoms with van der Waals surface area (Å²) in [5.41, 5.74) is 1.53. The van der Waals surface area contributed by atoms with Crippen molar-refractivity contribution in [2.24, 2.45) is 0 Å². The average Bonchev–Trinajstić information content (AvgIpc) is 2.57. The van der Waals surface area contributed by atoms with Gasteiger partial charge in [-0.3, -0.25) is 4.79 Å². The van der Waals surface area contributed by atoms with Gasteiger partial charge >= 0.3 is 0 Å². The molecule has 1 aromatic carbocycles. The summed E-state index contributed by atoms with van der Waals surface area (Å²) in [6.45, 7) is 9.88. The van der Waals surface area contributed by atoms with Crippen LogP contribution in [-0.4, -0.2) is 37.0 Å². The second kappa shape index (κ2) is 10.7. The van der Waals surface area contributed by atoms with Gasteiger partial charge in [-0.25, -0.2) is 0 Å². The molecule has 1 rings (SSSR count). The molecule has 0 unspecified atom stereocenters. The standard InChI is InChI=1S/C18H25ClN4O/c1-4-23(5-2)10-6-9-21-13-15(12-20)18(24)22-17-11-16(19)8-7-14(17)3/h7-8,11,13,21H,4-6,9-10H2,1-3H3,(H,22,24)/b15-13-. The highest BCUT2D eigenvalue weighted by molar-refractivity contribution is 6.31. The van der Waals surface area contributed by atoms with Crippen LogP contribution in [0.1, 0.15) is 25.8 Å². The number of halogens is 1. The van der Waals surface area contributed by atoms with Gasteiger partial charge in [0.25, 0.3) is 5.91 Å². The van der Waals surface area contributed by atoms with E-state index in [1.807, 2.05) is 19.1 Å². The van der Waals surface area contributed by atoms with E-state index in [0.717, 1.165) is 31.6 Å². The first kappa shape index (κ1) is 20.0. The molecular weight excluding hydrogens is 324 g/mol. The number of nitriles is 1. The smallest absolute Gasteiger partial charge is 0.267 e. The first-order valence-corrected chi connectivity index (χ1v) is 8.53. The van der Waals surface area contributed by atoms with Crippen molar-refractivity contribution in [2.45, 2.75) is 27.2 Å². The predicted octanol–water partition coefficient (Wildman–Crippen LogP) is 3.32. The van der Waals surface area contributed by atoms with E-state index in [4.69, 9.17) is 16.9 Å². The lowest BCUT2D eigenvalue weighted by Gasteiger charge is -2.17. The lowest BCUT2D eigenvalue weighted by atomic mass is 10.2. The third-order valence-electron chi connectivity index (χ3n) is 3.75. The van der Waals surface area contributed by atoms with Gasteiger partial charge in [-0.15, -0.1) is 0 Å². The van der Waals surface area contributed by atoms with Crippen LogP contribution in [0.3, 0.4) is 0 Å². The summed E-state index contributed by atoms with van der Waals surface area (Å²) in [6.07, 6.45) is 2.42. The largest absolute Gasteiger partial charge is 0.390 e. The molecule has 0 aliphatic heterocycles. The Morgan fingerprint density at radius 2 is 2.08 bits per heavy atom. The molecular formula is C18H25ClN4O. The van der Waals surface area contributed by atoms with Gasteiger partial charge in [0.1, 0.15) is 11.6 Å². The van der Waals surface area contributed by atoms with Crippen molar-refractivity contribution in [3.8, 4) is 6.07 Å². The Morgan fingerprint density at radius 1 is 1.38 bits per heavy atom. The predicted molar refractivity (Wildman–Crippen MR) is 98.9 cm³/mol. The minimum Gasteiger partial charge on any atom is -0.390 e. The highest BCUT2D eigenvalue weighted by atomic mass is 35.5. The molecule has 0 bridgehead atoms. The Kier molecular flexibility index (Phi) is 8.92. The van der Waals surface area contributed by atoms with Crippen LogP contribution in [0.2, 0.25) is 5.02 Å². The molecule has 0 radical (unpaired) electrons. The van der Waals surface area contributed by atoms with E-state index < -0.39 is 5.91 Å². The Hall–Kier alpha value is -2.03. The second-order valence-corrected chi connectivity index (χ2v) is 5.85. The number of aryl methyl sites for hydroxylation is 1. The highest BCUT2D eigenvalue weighted by Crippen LogP contribution is 2.20. The maximum absolute atomic E-state index is 12.2. The van der Waals surface area contributed by atoms with Crippen LogP contribution < -0.4 is 10.6 Å². The monoisotopic (exact) mass is 348 g/mol. The molecule has 0 aliphatic rings. The molecule has 0 aromatic heterocycles. The molecule has 1 aromatic rings. The minimum atomic E-state index is -0.445. The fraction of sp³-hybridized carbons (Fsp3) is 0.444. The lowest BCUT2D eigenvalue weighted by molar-refractivity contribution is -0.112. The van der Waals surface area contributed by atoms with Gasteiger partial charge in [-0.1, -0.05) is 31.5 Å². The van der Waals surface area contributed by atoms with Gasteiger partial charge in [0.05, 0.1) is 0 Å². The fourth-order valence-corrected chi connectivity index (χ4v) is 2.36. The van der Waals surface area contributed by atoms with Crippen molar-refractivity contribution in [1.29, 1.82) is 5.26 Å². The topological polar surface area (TPSA) is 68.2 Å². The molecule has 0 fully saturated rings.